The molecule has 2 aliphatic rings. The summed E-state index contributed by atoms with van der Waals surface area (Å²) in [4.78, 5) is 11.0. The molecule has 0 aliphatic carbocycles. The van der Waals surface area contributed by atoms with Crippen LogP contribution in [0.15, 0.2) is 12.2 Å². The number of thioether (sulfide) groups is 1. The second-order valence-corrected chi connectivity index (χ2v) is 5.99. The molecule has 0 saturated carbocycles. The summed E-state index contributed by atoms with van der Waals surface area (Å²) in [6.45, 7) is 5.53. The molecule has 0 N–H and O–H groups in total. The number of carbonyl (C=O) groups is 1. The molecule has 2 heterocycles. The number of carbonyl (C=O) groups excluding carboxylic acids is 1. The van der Waals surface area contributed by atoms with Crippen LogP contribution >= 0.6 is 11.8 Å². The summed E-state index contributed by atoms with van der Waals surface area (Å²) in [5.74, 6) is 0.304. The summed E-state index contributed by atoms with van der Waals surface area (Å²) in [6.07, 6.45) is 5.68. The first kappa shape index (κ1) is 10.1. The van der Waals surface area contributed by atoms with Crippen molar-refractivity contribution >= 4 is 17.7 Å². The Bertz CT molecular complexity index is 283. The van der Waals surface area contributed by atoms with Crippen molar-refractivity contribution < 1.29 is 9.53 Å². The SMILES string of the molecule is CC(=O)OC(C)(C)C1CC2C=CC1S2. The zero-order valence-electron chi connectivity index (χ0n) is 8.82. The standard InChI is InChI=1S/C11H16O2S/c1-7(12)13-11(2,3)9-6-8-4-5-10(9)14-8/h4-5,8-10H,6H2,1-3H3. The Kier molecular flexibility index (Phi) is 2.38. The molecule has 0 aromatic heterocycles. The van der Waals surface area contributed by atoms with Crippen LogP contribution < -0.4 is 0 Å². The van der Waals surface area contributed by atoms with Gasteiger partial charge in [0.1, 0.15) is 5.60 Å². The van der Waals surface area contributed by atoms with Crippen LogP contribution in [-0.4, -0.2) is 22.1 Å². The van der Waals surface area contributed by atoms with Gasteiger partial charge < -0.3 is 4.74 Å². The molecule has 1 saturated heterocycles. The van der Waals surface area contributed by atoms with Crippen molar-refractivity contribution in [2.24, 2.45) is 5.92 Å². The minimum absolute atomic E-state index is 0.174. The van der Waals surface area contributed by atoms with Crippen LogP contribution in [0.2, 0.25) is 0 Å². The molecule has 1 fully saturated rings. The van der Waals surface area contributed by atoms with Crippen molar-refractivity contribution in [2.45, 2.75) is 43.3 Å². The van der Waals surface area contributed by atoms with E-state index in [-0.39, 0.29) is 11.6 Å². The summed E-state index contributed by atoms with van der Waals surface area (Å²) in [5.41, 5.74) is -0.316. The average Bonchev–Trinajstić information content (AvgIpc) is 2.60. The fourth-order valence-electron chi connectivity index (χ4n) is 2.40. The zero-order valence-corrected chi connectivity index (χ0v) is 9.64. The summed E-state index contributed by atoms with van der Waals surface area (Å²) < 4.78 is 5.39. The topological polar surface area (TPSA) is 26.3 Å². The highest BCUT2D eigenvalue weighted by atomic mass is 32.2. The number of hydrogen-bond acceptors (Lipinski definition) is 3. The Hall–Kier alpha value is -0.440. The summed E-state index contributed by atoms with van der Waals surface area (Å²) >= 11 is 1.99. The highest BCUT2D eigenvalue weighted by molar-refractivity contribution is 8.01. The monoisotopic (exact) mass is 212 g/mol. The molecule has 0 spiro atoms. The van der Waals surface area contributed by atoms with Crippen LogP contribution in [0.4, 0.5) is 0 Å². The highest BCUT2D eigenvalue weighted by Gasteiger charge is 2.46. The van der Waals surface area contributed by atoms with E-state index in [1.165, 1.54) is 6.92 Å². The minimum atomic E-state index is -0.316. The van der Waals surface area contributed by atoms with Gasteiger partial charge in [0.05, 0.1) is 0 Å². The van der Waals surface area contributed by atoms with Crippen LogP contribution in [0.5, 0.6) is 0 Å². The predicted octanol–water partition coefficient (Wildman–Crippen LogP) is 2.39. The number of esters is 1. The highest BCUT2D eigenvalue weighted by Crippen LogP contribution is 2.49. The van der Waals surface area contributed by atoms with E-state index in [0.29, 0.717) is 16.4 Å². The lowest BCUT2D eigenvalue weighted by Crippen LogP contribution is -2.39. The molecule has 2 bridgehead atoms. The van der Waals surface area contributed by atoms with Gasteiger partial charge in [-0.3, -0.25) is 4.79 Å². The minimum Gasteiger partial charge on any atom is -0.460 e. The fourth-order valence-corrected chi connectivity index (χ4v) is 4.11. The molecule has 3 atom stereocenters. The van der Waals surface area contributed by atoms with E-state index in [9.17, 15) is 4.79 Å². The van der Waals surface area contributed by atoms with E-state index in [0.717, 1.165) is 6.42 Å². The molecule has 3 heteroatoms. The van der Waals surface area contributed by atoms with Crippen LogP contribution in [0.3, 0.4) is 0 Å². The molecule has 2 nitrogen and oxygen atoms in total. The third-order valence-corrected chi connectivity index (χ3v) is 4.53. The van der Waals surface area contributed by atoms with Crippen LogP contribution in [0, 0.1) is 5.92 Å². The Labute approximate surface area is 89.1 Å². The molecule has 78 valence electrons. The largest absolute Gasteiger partial charge is 0.460 e. The Morgan fingerprint density at radius 3 is 2.64 bits per heavy atom. The zero-order chi connectivity index (χ0) is 10.3. The van der Waals surface area contributed by atoms with Gasteiger partial charge in [-0.25, -0.2) is 0 Å². The molecule has 0 aromatic rings. The van der Waals surface area contributed by atoms with Gasteiger partial charge in [-0.15, -0.1) is 11.8 Å². The lowest BCUT2D eigenvalue weighted by molar-refractivity contribution is -0.158. The van der Waals surface area contributed by atoms with Crippen LogP contribution in [-0.2, 0) is 9.53 Å². The molecule has 2 rings (SSSR count). The van der Waals surface area contributed by atoms with Gasteiger partial charge in [-0.1, -0.05) is 12.2 Å². The third kappa shape index (κ3) is 1.70. The van der Waals surface area contributed by atoms with Crippen LogP contribution in [0.1, 0.15) is 27.2 Å². The van der Waals surface area contributed by atoms with Gasteiger partial charge >= 0.3 is 5.97 Å². The van der Waals surface area contributed by atoms with E-state index in [4.69, 9.17) is 4.74 Å². The van der Waals surface area contributed by atoms with Gasteiger partial charge in [0.15, 0.2) is 0 Å². The van der Waals surface area contributed by atoms with E-state index in [1.807, 2.05) is 25.6 Å². The second kappa shape index (κ2) is 3.30. The lowest BCUT2D eigenvalue weighted by Gasteiger charge is -2.34. The quantitative estimate of drug-likeness (QED) is 0.519. The Morgan fingerprint density at radius 1 is 1.50 bits per heavy atom. The Morgan fingerprint density at radius 2 is 2.21 bits per heavy atom. The molecule has 0 aromatic carbocycles. The van der Waals surface area contributed by atoms with E-state index in [1.54, 1.807) is 0 Å². The lowest BCUT2D eigenvalue weighted by atomic mass is 9.81. The second-order valence-electron chi connectivity index (χ2n) is 4.56. The van der Waals surface area contributed by atoms with Crippen molar-refractivity contribution in [3.05, 3.63) is 12.2 Å². The number of hydrogen-bond donors (Lipinski definition) is 0. The maximum absolute atomic E-state index is 11.0. The maximum atomic E-state index is 11.0. The summed E-state index contributed by atoms with van der Waals surface area (Å²) in [5, 5.41) is 1.20. The first-order chi connectivity index (χ1) is 6.49. The molecule has 0 radical (unpaired) electrons. The van der Waals surface area contributed by atoms with Gasteiger partial charge in [0.2, 0.25) is 0 Å². The Balaban J connectivity index is 2.08. The van der Waals surface area contributed by atoms with Gasteiger partial charge in [-0.05, 0) is 20.3 Å². The van der Waals surface area contributed by atoms with Crippen molar-refractivity contribution in [1.82, 2.24) is 0 Å². The van der Waals surface area contributed by atoms with E-state index < -0.39 is 0 Å². The molecule has 3 unspecified atom stereocenters. The van der Waals surface area contributed by atoms with Gasteiger partial charge in [0.25, 0.3) is 0 Å². The number of rotatable bonds is 2. The first-order valence-corrected chi connectivity index (χ1v) is 5.97. The van der Waals surface area contributed by atoms with E-state index >= 15 is 0 Å². The van der Waals surface area contributed by atoms with Crippen molar-refractivity contribution in [1.29, 1.82) is 0 Å². The molecule has 14 heavy (non-hydrogen) atoms. The molecule has 0 amide bonds. The normalized spacial score (nSPS) is 34.9. The molecular weight excluding hydrogens is 196 g/mol. The maximum Gasteiger partial charge on any atom is 0.303 e. The third-order valence-electron chi connectivity index (χ3n) is 3.03. The summed E-state index contributed by atoms with van der Waals surface area (Å²) in [7, 11) is 0. The van der Waals surface area contributed by atoms with Crippen LogP contribution in [0.25, 0.3) is 0 Å². The van der Waals surface area contributed by atoms with Crippen molar-refractivity contribution in [3.8, 4) is 0 Å². The van der Waals surface area contributed by atoms with Crippen molar-refractivity contribution in [3.63, 3.8) is 0 Å². The fraction of sp³-hybridized carbons (Fsp3) is 0.727. The van der Waals surface area contributed by atoms with E-state index in [2.05, 4.69) is 12.2 Å². The molecule has 2 aliphatic heterocycles. The average molecular weight is 212 g/mol. The smallest absolute Gasteiger partial charge is 0.303 e. The summed E-state index contributed by atoms with van der Waals surface area (Å²) in [6, 6.07) is 0. The first-order valence-electron chi connectivity index (χ1n) is 5.02. The number of ether oxygens (including phenoxy) is 1. The number of fused-ring (bicyclic) bond motifs is 2. The van der Waals surface area contributed by atoms with Gasteiger partial charge in [0, 0.05) is 23.3 Å². The van der Waals surface area contributed by atoms with Gasteiger partial charge in [-0.2, -0.15) is 0 Å². The predicted molar refractivity (Wildman–Crippen MR) is 58.3 cm³/mol. The molecular formula is C11H16O2S. The van der Waals surface area contributed by atoms with Crippen molar-refractivity contribution in [2.75, 3.05) is 0 Å².